The number of likely N-dealkylation sites (N-methyl/N-ethyl adjacent to an activating group) is 1. The molecule has 5 heteroatoms. The molecular weight excluding hydrogens is 290 g/mol. The topological polar surface area (TPSA) is 54.5 Å². The molecule has 0 radical (unpaired) electrons. The number of fused-ring (bicyclic) bond motifs is 1. The van der Waals surface area contributed by atoms with Crippen LogP contribution < -0.4 is 15.1 Å². The van der Waals surface area contributed by atoms with Crippen molar-refractivity contribution in [3.05, 3.63) is 54.0 Å². The fourth-order valence-corrected chi connectivity index (χ4v) is 3.21. The Bertz CT molecular complexity index is 652. The average Bonchev–Trinajstić information content (AvgIpc) is 3.20. The largest absolute Gasteiger partial charge is 0.463 e. The molecular formula is C18H25N3O2+2. The summed E-state index contributed by atoms with van der Waals surface area (Å²) >= 11 is 0. The van der Waals surface area contributed by atoms with E-state index < -0.39 is 0 Å². The number of hydrogen-bond donors (Lipinski definition) is 2. The number of amides is 1. The summed E-state index contributed by atoms with van der Waals surface area (Å²) in [6.45, 7) is 2.10. The molecule has 1 atom stereocenters. The highest BCUT2D eigenvalue weighted by Crippen LogP contribution is 2.26. The predicted molar refractivity (Wildman–Crippen MR) is 88.4 cm³/mol. The van der Waals surface area contributed by atoms with E-state index in [0.29, 0.717) is 6.54 Å². The molecule has 1 amide bonds. The molecule has 0 bridgehead atoms. The van der Waals surface area contributed by atoms with Crippen molar-refractivity contribution in [1.29, 1.82) is 0 Å². The fourth-order valence-electron chi connectivity index (χ4n) is 3.21. The number of quaternary nitrogens is 2. The van der Waals surface area contributed by atoms with Crippen LogP contribution in [0, 0.1) is 0 Å². The third kappa shape index (κ3) is 3.46. The van der Waals surface area contributed by atoms with Gasteiger partial charge in [0.05, 0.1) is 20.4 Å². The van der Waals surface area contributed by atoms with Crippen LogP contribution >= 0.6 is 0 Å². The van der Waals surface area contributed by atoms with Crippen molar-refractivity contribution in [3.63, 3.8) is 0 Å². The molecule has 2 aromatic rings. The Morgan fingerprint density at radius 3 is 2.87 bits per heavy atom. The van der Waals surface area contributed by atoms with E-state index >= 15 is 0 Å². The van der Waals surface area contributed by atoms with Gasteiger partial charge in [0.15, 0.2) is 18.3 Å². The molecule has 0 aliphatic carbocycles. The third-order valence-corrected chi connectivity index (χ3v) is 4.49. The van der Waals surface area contributed by atoms with Crippen LogP contribution in [0.15, 0.2) is 47.1 Å². The van der Waals surface area contributed by atoms with Crippen LogP contribution in [0.25, 0.3) is 0 Å². The van der Waals surface area contributed by atoms with Crippen LogP contribution in [0.5, 0.6) is 0 Å². The summed E-state index contributed by atoms with van der Waals surface area (Å²) in [5, 5.41) is 2.09. The fraction of sp³-hybridized carbons (Fsp3) is 0.389. The molecule has 3 rings (SSSR count). The molecule has 1 aromatic carbocycles. The van der Waals surface area contributed by atoms with Crippen molar-refractivity contribution in [3.8, 4) is 0 Å². The van der Waals surface area contributed by atoms with Gasteiger partial charge in [-0.1, -0.05) is 18.2 Å². The van der Waals surface area contributed by atoms with Gasteiger partial charge in [0.1, 0.15) is 6.54 Å². The monoisotopic (exact) mass is 315 g/mol. The van der Waals surface area contributed by atoms with Gasteiger partial charge in [-0.3, -0.25) is 4.79 Å². The predicted octanol–water partition coefficient (Wildman–Crippen LogP) is -0.382. The van der Waals surface area contributed by atoms with E-state index in [1.54, 1.807) is 6.26 Å². The summed E-state index contributed by atoms with van der Waals surface area (Å²) in [5.41, 5.74) is 2.35. The number of rotatable bonds is 6. The van der Waals surface area contributed by atoms with E-state index in [-0.39, 0.29) is 11.9 Å². The van der Waals surface area contributed by atoms with Crippen LogP contribution in [0.2, 0.25) is 0 Å². The Balaban J connectivity index is 1.55. The Hall–Kier alpha value is -2.11. The zero-order valence-corrected chi connectivity index (χ0v) is 13.8. The summed E-state index contributed by atoms with van der Waals surface area (Å²) in [7, 11) is 4.22. The molecule has 0 fully saturated rings. The number of carbonyl (C=O) groups is 1. The van der Waals surface area contributed by atoms with Gasteiger partial charge in [0.25, 0.3) is 5.91 Å². The second kappa shape index (κ2) is 6.98. The molecule has 0 unspecified atom stereocenters. The molecule has 5 nitrogen and oxygen atoms in total. The normalized spacial score (nSPS) is 15.0. The number of nitrogens with two attached hydrogens (primary N) is 1. The van der Waals surface area contributed by atoms with E-state index in [2.05, 4.69) is 25.5 Å². The maximum atomic E-state index is 12.5. The van der Waals surface area contributed by atoms with Gasteiger partial charge in [-0.2, -0.15) is 0 Å². The smallest absolute Gasteiger partial charge is 0.282 e. The van der Waals surface area contributed by atoms with Crippen molar-refractivity contribution in [2.24, 2.45) is 0 Å². The second-order valence-corrected chi connectivity index (χ2v) is 6.30. The van der Waals surface area contributed by atoms with Gasteiger partial charge in [-0.25, -0.2) is 0 Å². The van der Waals surface area contributed by atoms with Gasteiger partial charge in [0.2, 0.25) is 0 Å². The van der Waals surface area contributed by atoms with Crippen LogP contribution in [-0.2, 0) is 11.2 Å². The van der Waals surface area contributed by atoms with Gasteiger partial charge in [0, 0.05) is 12.2 Å². The van der Waals surface area contributed by atoms with E-state index in [9.17, 15) is 4.79 Å². The summed E-state index contributed by atoms with van der Waals surface area (Å²) < 4.78 is 5.52. The lowest BCUT2D eigenvalue weighted by molar-refractivity contribution is -0.909. The first-order chi connectivity index (χ1) is 11.2. The summed E-state index contributed by atoms with van der Waals surface area (Å²) in [6.07, 6.45) is 2.66. The van der Waals surface area contributed by atoms with Gasteiger partial charge >= 0.3 is 0 Å². The Kier molecular flexibility index (Phi) is 4.79. The molecule has 0 saturated heterocycles. The highest BCUT2D eigenvalue weighted by atomic mass is 16.3. The van der Waals surface area contributed by atoms with Gasteiger partial charge < -0.3 is 19.5 Å². The van der Waals surface area contributed by atoms with Gasteiger partial charge in [-0.05, 0) is 30.2 Å². The minimum atomic E-state index is 0.182. The third-order valence-electron chi connectivity index (χ3n) is 4.49. The molecule has 1 aromatic heterocycles. The first kappa shape index (κ1) is 15.8. The first-order valence-electron chi connectivity index (χ1n) is 8.20. The van der Waals surface area contributed by atoms with E-state index in [4.69, 9.17) is 4.42 Å². The van der Waals surface area contributed by atoms with Crippen molar-refractivity contribution in [1.82, 2.24) is 0 Å². The Morgan fingerprint density at radius 2 is 2.13 bits per heavy atom. The standard InChI is InChI=1S/C18H23N3O2/c1-20(2)16(17-8-5-11-23-17)12-19-13-18(22)21-10-9-14-6-3-4-7-15(14)21/h3-8,11,16,19H,9-10,12-13H2,1-2H3/p+2/t16-/m1/s1. The molecule has 0 spiro atoms. The molecule has 1 aliphatic rings. The average molecular weight is 315 g/mol. The molecule has 122 valence electrons. The quantitative estimate of drug-likeness (QED) is 0.763. The van der Waals surface area contributed by atoms with Crippen molar-refractivity contribution >= 4 is 11.6 Å². The minimum absolute atomic E-state index is 0.182. The Labute approximate surface area is 136 Å². The minimum Gasteiger partial charge on any atom is -0.463 e. The lowest BCUT2D eigenvalue weighted by atomic mass is 10.2. The van der Waals surface area contributed by atoms with Crippen LogP contribution in [-0.4, -0.2) is 39.6 Å². The lowest BCUT2D eigenvalue weighted by Crippen LogP contribution is -3.09. The van der Waals surface area contributed by atoms with E-state index in [1.807, 2.05) is 35.2 Å². The van der Waals surface area contributed by atoms with Crippen LogP contribution in [0.4, 0.5) is 5.69 Å². The second-order valence-electron chi connectivity index (χ2n) is 6.30. The molecule has 2 heterocycles. The number of nitrogens with one attached hydrogen (secondary N) is 1. The maximum absolute atomic E-state index is 12.5. The maximum Gasteiger partial charge on any atom is 0.282 e. The van der Waals surface area contributed by atoms with Gasteiger partial charge in [-0.15, -0.1) is 0 Å². The number of furan rings is 1. The van der Waals surface area contributed by atoms with E-state index in [0.717, 1.165) is 31.0 Å². The van der Waals surface area contributed by atoms with Crippen molar-refractivity contribution in [2.75, 3.05) is 38.6 Å². The van der Waals surface area contributed by atoms with Crippen LogP contribution in [0.3, 0.4) is 0 Å². The first-order valence-corrected chi connectivity index (χ1v) is 8.20. The summed E-state index contributed by atoms with van der Waals surface area (Å²) in [4.78, 5) is 15.7. The zero-order valence-electron chi connectivity index (χ0n) is 13.8. The number of carbonyl (C=O) groups excluding carboxylic acids is 1. The number of hydrogen-bond acceptors (Lipinski definition) is 2. The van der Waals surface area contributed by atoms with Crippen molar-refractivity contribution < 1.29 is 19.4 Å². The Morgan fingerprint density at radius 1 is 1.30 bits per heavy atom. The zero-order chi connectivity index (χ0) is 16.2. The number of benzene rings is 1. The van der Waals surface area contributed by atoms with Crippen LogP contribution in [0.1, 0.15) is 17.4 Å². The summed E-state index contributed by atoms with van der Waals surface area (Å²) in [6, 6.07) is 12.3. The SMILES string of the molecule is C[NH+](C)[C@H](C[NH2+]CC(=O)N1CCc2ccccc21)c1ccco1. The number of para-hydroxylation sites is 1. The molecule has 3 N–H and O–H groups in total. The lowest BCUT2D eigenvalue weighted by Gasteiger charge is -2.19. The molecule has 0 saturated carbocycles. The number of anilines is 1. The highest BCUT2D eigenvalue weighted by molar-refractivity contribution is 5.96. The molecule has 1 aliphatic heterocycles. The van der Waals surface area contributed by atoms with E-state index in [1.165, 1.54) is 10.5 Å². The number of nitrogens with zero attached hydrogens (tertiary/aromatic N) is 1. The highest BCUT2D eigenvalue weighted by Gasteiger charge is 2.27. The summed E-state index contributed by atoms with van der Waals surface area (Å²) in [5.74, 6) is 1.15. The van der Waals surface area contributed by atoms with Crippen molar-refractivity contribution in [2.45, 2.75) is 12.5 Å². The molecule has 23 heavy (non-hydrogen) atoms.